The van der Waals surface area contributed by atoms with E-state index in [2.05, 4.69) is 121 Å². The summed E-state index contributed by atoms with van der Waals surface area (Å²) >= 11 is 0. The summed E-state index contributed by atoms with van der Waals surface area (Å²) < 4.78 is 55.6. The molecule has 0 N–H and O–H groups in total. The van der Waals surface area contributed by atoms with E-state index in [4.69, 9.17) is 0 Å². The van der Waals surface area contributed by atoms with Gasteiger partial charge in [0.25, 0.3) is 0 Å². The van der Waals surface area contributed by atoms with Crippen LogP contribution in [0.4, 0.5) is 13.2 Å². The fourth-order valence-electron chi connectivity index (χ4n) is 11.7. The number of para-hydroxylation sites is 8. The number of rotatable bonds is 5. The summed E-state index contributed by atoms with van der Waals surface area (Å²) in [6.45, 7) is 1.73. The molecule has 14 rings (SSSR count). The van der Waals surface area contributed by atoms with E-state index in [1.165, 1.54) is 12.1 Å². The Labute approximate surface area is 404 Å². The number of hydrogen-bond acceptors (Lipinski definition) is 1. The van der Waals surface area contributed by atoms with Crippen molar-refractivity contribution in [2.75, 3.05) is 0 Å². The monoisotopic (exact) mass is 921 g/mol. The van der Waals surface area contributed by atoms with E-state index in [9.17, 15) is 5.26 Å². The van der Waals surface area contributed by atoms with E-state index >= 15 is 13.2 Å². The van der Waals surface area contributed by atoms with Crippen LogP contribution in [0.1, 0.15) is 16.7 Å². The molecule has 0 amide bonds. The van der Waals surface area contributed by atoms with E-state index in [-0.39, 0.29) is 0 Å². The molecule has 336 valence electrons. The van der Waals surface area contributed by atoms with Crippen molar-refractivity contribution >= 4 is 87.2 Å². The van der Waals surface area contributed by atoms with Crippen LogP contribution in [0.5, 0.6) is 0 Å². The van der Waals surface area contributed by atoms with Crippen LogP contribution in [0.15, 0.2) is 212 Å². The van der Waals surface area contributed by atoms with Crippen LogP contribution in [-0.4, -0.2) is 18.3 Å². The molecule has 14 aromatic rings. The predicted molar refractivity (Wildman–Crippen MR) is 284 cm³/mol. The number of aromatic nitrogens is 4. The Kier molecular flexibility index (Phi) is 8.65. The van der Waals surface area contributed by atoms with Crippen LogP contribution in [0.2, 0.25) is 0 Å². The smallest absolute Gasteiger partial charge is 0.306 e. The first-order valence-corrected chi connectivity index (χ1v) is 23.6. The summed E-state index contributed by atoms with van der Waals surface area (Å²) in [6.07, 6.45) is -4.68. The zero-order chi connectivity index (χ0) is 47.7. The zero-order valence-electron chi connectivity index (χ0n) is 38.1. The Morgan fingerprint density at radius 1 is 0.352 bits per heavy atom. The van der Waals surface area contributed by atoms with Crippen LogP contribution < -0.4 is 0 Å². The topological polar surface area (TPSA) is 43.5 Å². The minimum atomic E-state index is -4.68. The Morgan fingerprint density at radius 2 is 0.606 bits per heavy atom. The third-order valence-electron chi connectivity index (χ3n) is 14.4. The van der Waals surface area contributed by atoms with Crippen LogP contribution in [-0.2, 0) is 6.18 Å². The molecule has 0 bridgehead atoms. The van der Waals surface area contributed by atoms with Crippen molar-refractivity contribution in [2.24, 2.45) is 0 Å². The lowest BCUT2D eigenvalue weighted by Gasteiger charge is -2.29. The zero-order valence-corrected chi connectivity index (χ0v) is 38.1. The molecule has 8 heteroatoms. The van der Waals surface area contributed by atoms with Gasteiger partial charge in [-0.15, -0.1) is 0 Å². The van der Waals surface area contributed by atoms with Gasteiger partial charge in [-0.3, -0.25) is 0 Å². The van der Waals surface area contributed by atoms with E-state index < -0.39 is 11.7 Å². The molecule has 0 unspecified atom stereocenters. The molecular formula is C63H38F3N5. The normalized spacial score (nSPS) is 12.2. The van der Waals surface area contributed by atoms with Gasteiger partial charge in [0.1, 0.15) is 11.6 Å². The fraction of sp³-hybridized carbons (Fsp3) is 0.0317. The molecule has 0 aliphatic heterocycles. The molecule has 0 saturated heterocycles. The van der Waals surface area contributed by atoms with Crippen molar-refractivity contribution in [3.8, 4) is 39.9 Å². The van der Waals surface area contributed by atoms with E-state index in [1.807, 2.05) is 103 Å². The third-order valence-corrected chi connectivity index (χ3v) is 14.4. The van der Waals surface area contributed by atoms with Gasteiger partial charge in [0, 0.05) is 48.7 Å². The van der Waals surface area contributed by atoms with Gasteiger partial charge in [-0.2, -0.15) is 18.4 Å². The highest BCUT2D eigenvalue weighted by Gasteiger charge is 2.37. The molecule has 4 heterocycles. The maximum Gasteiger partial charge on any atom is 0.416 e. The maximum atomic E-state index is 15.6. The largest absolute Gasteiger partial charge is 0.416 e. The number of hydrogen-bond donors (Lipinski definition) is 0. The summed E-state index contributed by atoms with van der Waals surface area (Å²) in [5.41, 5.74) is 9.77. The molecule has 10 aromatic carbocycles. The second-order valence-corrected chi connectivity index (χ2v) is 18.3. The van der Waals surface area contributed by atoms with Gasteiger partial charge in [0.2, 0.25) is 0 Å². The molecule has 4 aromatic heterocycles. The highest BCUT2D eigenvalue weighted by molar-refractivity contribution is 6.17. The van der Waals surface area contributed by atoms with E-state index in [1.54, 1.807) is 6.92 Å². The minimum Gasteiger partial charge on any atom is -0.306 e. The molecular weight excluding hydrogens is 884 g/mol. The molecule has 0 aliphatic rings. The summed E-state index contributed by atoms with van der Waals surface area (Å²) in [5.74, 6) is 0. The number of aryl methyl sites for hydroxylation is 1. The van der Waals surface area contributed by atoms with Crippen LogP contribution in [0.3, 0.4) is 0 Å². The molecule has 5 nitrogen and oxygen atoms in total. The van der Waals surface area contributed by atoms with Crippen LogP contribution in [0, 0.1) is 18.3 Å². The number of fused-ring (bicyclic) bond motifs is 12. The van der Waals surface area contributed by atoms with Gasteiger partial charge in [0.15, 0.2) is 0 Å². The molecule has 0 aliphatic carbocycles. The van der Waals surface area contributed by atoms with Crippen LogP contribution in [0.25, 0.3) is 121 Å². The molecule has 0 radical (unpaired) electrons. The Bertz CT molecular complexity index is 4140. The summed E-state index contributed by atoms with van der Waals surface area (Å²) in [6, 6.07) is 72.7. The standard InChI is InChI=1S/C63H38F3N5/c1-38-34-39(36-40(35-38)63(64,65)66)58-61(70-54-30-14-6-22-45(54)46-23-7-15-31-55(46)70)59(68-50-26-10-2-18-41(50)42-19-3-11-27-51(42)68)49(37-67)60(69-52-28-12-4-20-43(52)44-21-5-13-29-53(44)69)62(58)71-56-32-16-8-24-47(56)48-25-9-17-33-57(48)71/h2-36H,1H3. The number of benzene rings is 10. The summed E-state index contributed by atoms with van der Waals surface area (Å²) in [5, 5.41) is 20.3. The second-order valence-electron chi connectivity index (χ2n) is 18.3. The van der Waals surface area contributed by atoms with E-state index in [0.29, 0.717) is 45.0 Å². The van der Waals surface area contributed by atoms with Gasteiger partial charge >= 0.3 is 6.18 Å². The van der Waals surface area contributed by atoms with Gasteiger partial charge in [-0.25, -0.2) is 0 Å². The molecule has 0 spiro atoms. The van der Waals surface area contributed by atoms with Crippen molar-refractivity contribution in [1.82, 2.24) is 18.3 Å². The molecule has 0 fully saturated rings. The average Bonchev–Trinajstić information content (AvgIpc) is 4.13. The highest BCUT2D eigenvalue weighted by atomic mass is 19.4. The minimum absolute atomic E-state index is 0.337. The SMILES string of the molecule is Cc1cc(-c2c(-n3c4ccccc4c4ccccc43)c(-n3c4ccccc4c4ccccc43)c(C#N)c(-n3c4ccccc4c4ccccc43)c2-n2c3ccccc3c3ccccc32)cc(C(F)(F)F)c1. The fourth-order valence-corrected chi connectivity index (χ4v) is 11.7. The first-order valence-electron chi connectivity index (χ1n) is 23.6. The van der Waals surface area contributed by atoms with Gasteiger partial charge < -0.3 is 18.3 Å². The van der Waals surface area contributed by atoms with Crippen molar-refractivity contribution in [2.45, 2.75) is 13.1 Å². The summed E-state index contributed by atoms with van der Waals surface area (Å²) in [4.78, 5) is 0. The van der Waals surface area contributed by atoms with Crippen molar-refractivity contribution < 1.29 is 13.2 Å². The number of nitrogens with zero attached hydrogens (tertiary/aromatic N) is 5. The Morgan fingerprint density at radius 3 is 0.859 bits per heavy atom. The second kappa shape index (κ2) is 15.1. The molecule has 71 heavy (non-hydrogen) atoms. The lowest BCUT2D eigenvalue weighted by molar-refractivity contribution is -0.137. The first-order chi connectivity index (χ1) is 34.8. The number of halogens is 3. The third kappa shape index (κ3) is 5.75. The van der Waals surface area contributed by atoms with Crippen molar-refractivity contribution in [1.29, 1.82) is 5.26 Å². The van der Waals surface area contributed by atoms with Gasteiger partial charge in [0.05, 0.1) is 72.4 Å². The van der Waals surface area contributed by atoms with Crippen molar-refractivity contribution in [3.63, 3.8) is 0 Å². The highest BCUT2D eigenvalue weighted by Crippen LogP contribution is 2.52. The lowest BCUT2D eigenvalue weighted by Crippen LogP contribution is -2.16. The van der Waals surface area contributed by atoms with Gasteiger partial charge in [-0.05, 0) is 78.7 Å². The van der Waals surface area contributed by atoms with E-state index in [0.717, 1.165) is 87.2 Å². The van der Waals surface area contributed by atoms with Crippen molar-refractivity contribution in [3.05, 3.63) is 229 Å². The number of alkyl halides is 3. The maximum absolute atomic E-state index is 15.6. The first kappa shape index (κ1) is 40.7. The average molecular weight is 922 g/mol. The quantitative estimate of drug-likeness (QED) is 0.170. The summed E-state index contributed by atoms with van der Waals surface area (Å²) in [7, 11) is 0. The molecule has 0 saturated carbocycles. The molecule has 0 atom stereocenters. The Hall–Kier alpha value is -9.32. The Balaban J connectivity index is 1.38. The predicted octanol–water partition coefficient (Wildman–Crippen LogP) is 16.9. The lowest BCUT2D eigenvalue weighted by atomic mass is 9.91. The van der Waals surface area contributed by atoms with Crippen LogP contribution >= 0.6 is 0 Å². The van der Waals surface area contributed by atoms with Gasteiger partial charge in [-0.1, -0.05) is 152 Å². The number of nitriles is 1.